The summed E-state index contributed by atoms with van der Waals surface area (Å²) in [5.41, 5.74) is 21.1. The highest BCUT2D eigenvalue weighted by Gasteiger charge is 2.25. The molecule has 0 spiro atoms. The number of hydrogen-bond acceptors (Lipinski definition) is 6. The molecule has 23 aromatic rings. The van der Waals surface area contributed by atoms with Crippen molar-refractivity contribution in [3.63, 3.8) is 0 Å². The number of rotatable bonds is 6. The molecule has 100 heavy (non-hydrogen) atoms. The van der Waals surface area contributed by atoms with Crippen molar-refractivity contribution in [2.45, 2.75) is 0 Å². The SMILES string of the molecule is c1ccc(-c2ccc3sc4ccc(-c5ccc6c(c5)c5c7ccccc7ccc5n6-c5nc6ccc(-c7ccc8c(c7)sc7ccc(-c9ccc%10c(c9)c9c%11ccccc%11ccc9n%10-c9nc%10ccccc%10c%10nc%11ccccc%11n9%10)cc78)cc6c6nc7ccccc7n56)cc4c3c2)cc1. The van der Waals surface area contributed by atoms with Gasteiger partial charge in [-0.3, -0.25) is 17.9 Å². The molecule has 0 saturated heterocycles. The monoisotopic (exact) mass is 1310 g/mol. The summed E-state index contributed by atoms with van der Waals surface area (Å²) >= 11 is 3.71. The van der Waals surface area contributed by atoms with Gasteiger partial charge in [0.1, 0.15) is 11.3 Å². The van der Waals surface area contributed by atoms with E-state index in [0.29, 0.717) is 0 Å². The number of aromatic nitrogens is 8. The van der Waals surface area contributed by atoms with Gasteiger partial charge >= 0.3 is 0 Å². The highest BCUT2D eigenvalue weighted by molar-refractivity contribution is 7.26. The van der Waals surface area contributed by atoms with Gasteiger partial charge in [0.25, 0.3) is 0 Å². The van der Waals surface area contributed by atoms with Crippen molar-refractivity contribution >= 4 is 183 Å². The highest BCUT2D eigenvalue weighted by Crippen LogP contribution is 2.46. The summed E-state index contributed by atoms with van der Waals surface area (Å²) in [7, 11) is 0. The minimum Gasteiger partial charge on any atom is -0.279 e. The molecule has 462 valence electrons. The maximum Gasteiger partial charge on any atom is 0.221 e. The molecule has 0 atom stereocenters. The van der Waals surface area contributed by atoms with Gasteiger partial charge in [-0.1, -0.05) is 176 Å². The Bertz CT molecular complexity index is 7550. The van der Waals surface area contributed by atoms with Gasteiger partial charge in [0, 0.05) is 72.7 Å². The van der Waals surface area contributed by atoms with Gasteiger partial charge in [-0.15, -0.1) is 22.7 Å². The van der Waals surface area contributed by atoms with E-state index in [9.17, 15) is 0 Å². The van der Waals surface area contributed by atoms with Crippen molar-refractivity contribution in [1.29, 1.82) is 0 Å². The van der Waals surface area contributed by atoms with Gasteiger partial charge in [0.05, 0.1) is 55.2 Å². The first-order valence-corrected chi connectivity index (χ1v) is 35.5. The fraction of sp³-hybridized carbons (Fsp3) is 0. The Labute approximate surface area is 577 Å². The van der Waals surface area contributed by atoms with Crippen LogP contribution in [0.4, 0.5) is 0 Å². The van der Waals surface area contributed by atoms with Crippen LogP contribution in [-0.4, -0.2) is 37.9 Å². The third-order valence-corrected chi connectivity index (χ3v) is 23.4. The minimum atomic E-state index is 0.794. The molecule has 23 rings (SSSR count). The van der Waals surface area contributed by atoms with Gasteiger partial charge in [-0.2, -0.15) is 0 Å². The second-order valence-electron chi connectivity index (χ2n) is 26.5. The van der Waals surface area contributed by atoms with Crippen LogP contribution in [0.1, 0.15) is 0 Å². The Hall–Kier alpha value is -12.9. The van der Waals surface area contributed by atoms with Crippen molar-refractivity contribution in [1.82, 2.24) is 37.9 Å². The molecule has 0 unspecified atom stereocenters. The van der Waals surface area contributed by atoms with Crippen LogP contribution in [0.15, 0.2) is 303 Å². The van der Waals surface area contributed by atoms with Crippen molar-refractivity contribution in [2.24, 2.45) is 0 Å². The van der Waals surface area contributed by atoms with Crippen LogP contribution in [0, 0.1) is 0 Å². The Balaban J connectivity index is 0.646. The van der Waals surface area contributed by atoms with Gasteiger partial charge in [0.2, 0.25) is 11.9 Å². The van der Waals surface area contributed by atoms with E-state index in [-0.39, 0.29) is 0 Å². The van der Waals surface area contributed by atoms with Crippen molar-refractivity contribution in [3.8, 4) is 56.4 Å². The lowest BCUT2D eigenvalue weighted by molar-refractivity contribution is 0.979. The van der Waals surface area contributed by atoms with E-state index in [0.717, 1.165) is 106 Å². The quantitative estimate of drug-likeness (QED) is 0.166. The van der Waals surface area contributed by atoms with Crippen LogP contribution < -0.4 is 0 Å². The lowest BCUT2D eigenvalue weighted by atomic mass is 9.98. The molecular formula is C90H50N8S2. The van der Waals surface area contributed by atoms with E-state index < -0.39 is 0 Å². The number of thiophene rings is 2. The zero-order valence-corrected chi connectivity index (χ0v) is 54.9. The second kappa shape index (κ2) is 20.4. The second-order valence-corrected chi connectivity index (χ2v) is 28.7. The summed E-state index contributed by atoms with van der Waals surface area (Å²) < 4.78 is 14.3. The van der Waals surface area contributed by atoms with Crippen molar-refractivity contribution in [3.05, 3.63) is 303 Å². The maximum absolute atomic E-state index is 5.73. The summed E-state index contributed by atoms with van der Waals surface area (Å²) in [5, 5.41) is 16.6. The molecule has 8 aromatic heterocycles. The zero-order chi connectivity index (χ0) is 65.0. The van der Waals surface area contributed by atoms with E-state index in [1.54, 1.807) is 0 Å². The van der Waals surface area contributed by atoms with Crippen LogP contribution in [-0.2, 0) is 0 Å². The smallest absolute Gasteiger partial charge is 0.221 e. The molecule has 0 fully saturated rings. The number of hydrogen-bond donors (Lipinski definition) is 0. The Kier molecular flexibility index (Phi) is 11.0. The molecule has 0 aliphatic heterocycles. The number of nitrogens with zero attached hydrogens (tertiary/aromatic N) is 8. The van der Waals surface area contributed by atoms with E-state index in [2.05, 4.69) is 321 Å². The van der Waals surface area contributed by atoms with Gasteiger partial charge in [-0.25, -0.2) is 19.9 Å². The number of benzene rings is 15. The molecule has 0 N–H and O–H groups in total. The predicted octanol–water partition coefficient (Wildman–Crippen LogP) is 24.3. The third-order valence-electron chi connectivity index (χ3n) is 21.1. The molecule has 0 saturated carbocycles. The molecular weight excluding hydrogens is 1260 g/mol. The summed E-state index contributed by atoms with van der Waals surface area (Å²) in [6, 6.07) is 111. The molecule has 0 aliphatic rings. The first-order chi connectivity index (χ1) is 49.5. The first-order valence-electron chi connectivity index (χ1n) is 33.8. The fourth-order valence-corrected chi connectivity index (χ4v) is 18.7. The summed E-state index contributed by atoms with van der Waals surface area (Å²) in [6.45, 7) is 0. The van der Waals surface area contributed by atoms with E-state index in [4.69, 9.17) is 19.9 Å². The highest BCUT2D eigenvalue weighted by atomic mass is 32.1. The number of para-hydroxylation sites is 5. The molecule has 0 radical (unpaired) electrons. The van der Waals surface area contributed by atoms with E-state index in [1.165, 1.54) is 111 Å². The molecule has 8 heterocycles. The Morgan fingerprint density at radius 1 is 0.210 bits per heavy atom. The Morgan fingerprint density at radius 2 is 0.600 bits per heavy atom. The average Bonchev–Trinajstić information content (AvgIpc) is 1.55. The molecule has 0 amide bonds. The van der Waals surface area contributed by atoms with Crippen LogP contribution >= 0.6 is 22.7 Å². The summed E-state index contributed by atoms with van der Waals surface area (Å²) in [5.74, 6) is 1.60. The van der Waals surface area contributed by atoms with Crippen molar-refractivity contribution < 1.29 is 0 Å². The third kappa shape index (κ3) is 7.74. The van der Waals surface area contributed by atoms with E-state index in [1.807, 2.05) is 22.7 Å². The lowest BCUT2D eigenvalue weighted by Gasteiger charge is -2.13. The van der Waals surface area contributed by atoms with E-state index >= 15 is 0 Å². The Morgan fingerprint density at radius 3 is 1.17 bits per heavy atom. The number of imidazole rings is 2. The average molecular weight is 1310 g/mol. The molecule has 0 bridgehead atoms. The summed E-state index contributed by atoms with van der Waals surface area (Å²) in [4.78, 5) is 21.9. The first kappa shape index (κ1) is 54.3. The molecule has 0 aliphatic carbocycles. The van der Waals surface area contributed by atoms with Gasteiger partial charge in [0.15, 0.2) is 0 Å². The minimum absolute atomic E-state index is 0.794. The predicted molar refractivity (Wildman–Crippen MR) is 421 cm³/mol. The van der Waals surface area contributed by atoms with Crippen LogP contribution in [0.25, 0.3) is 217 Å². The molecule has 10 heteroatoms. The van der Waals surface area contributed by atoms with Crippen LogP contribution in [0.3, 0.4) is 0 Å². The van der Waals surface area contributed by atoms with Crippen molar-refractivity contribution in [2.75, 3.05) is 0 Å². The van der Waals surface area contributed by atoms with Gasteiger partial charge < -0.3 is 0 Å². The maximum atomic E-state index is 5.73. The fourth-order valence-electron chi connectivity index (χ4n) is 16.5. The van der Waals surface area contributed by atoms with Crippen LogP contribution in [0.5, 0.6) is 0 Å². The normalized spacial score (nSPS) is 12.4. The number of fused-ring (bicyclic) bond motifs is 26. The van der Waals surface area contributed by atoms with Crippen LogP contribution in [0.2, 0.25) is 0 Å². The molecule has 15 aromatic carbocycles. The lowest BCUT2D eigenvalue weighted by Crippen LogP contribution is -2.06. The van der Waals surface area contributed by atoms with Gasteiger partial charge in [-0.05, 0) is 193 Å². The standard InChI is InChI=1S/C90H50N8S2/c1-2-14-51(15-3-1)54-32-41-82-66(44-54)67-46-59(34-43-83(67)99-82)57-31-38-76-70(49-57)86-62-19-7-5-17-53(62)29-40-80(86)96(76)90-94-72-36-27-55(47-68(72)88-92-74-23-11-13-25-78(74)98(88)90)60-26-35-63-65-45-58(33-42-81(65)100-84(63)50-60)56-30-37-75-69(48-56)85-61-18-6-4-16-52(61)28-39-79(85)95(75)89-93-71-21-9-8-20-64(71)87-91-73-22-10-12-24-77(73)97(87)89/h1-50H. The molecule has 8 nitrogen and oxygen atoms in total. The largest absolute Gasteiger partial charge is 0.279 e. The zero-order valence-electron chi connectivity index (χ0n) is 53.3. The topological polar surface area (TPSA) is 70.2 Å². The summed E-state index contributed by atoms with van der Waals surface area (Å²) in [6.07, 6.45) is 0.